The summed E-state index contributed by atoms with van der Waals surface area (Å²) in [6.45, 7) is 1.78. The van der Waals surface area contributed by atoms with Gasteiger partial charge in [-0.1, -0.05) is 47.5 Å². The van der Waals surface area contributed by atoms with E-state index in [9.17, 15) is 26.0 Å². The van der Waals surface area contributed by atoms with Gasteiger partial charge in [0, 0.05) is 37.7 Å². The van der Waals surface area contributed by atoms with Crippen molar-refractivity contribution in [2.24, 2.45) is 0 Å². The summed E-state index contributed by atoms with van der Waals surface area (Å²) in [5, 5.41) is 0.288. The van der Waals surface area contributed by atoms with Crippen LogP contribution in [0.5, 0.6) is 0 Å². The summed E-state index contributed by atoms with van der Waals surface area (Å²) < 4.78 is 85.5. The lowest BCUT2D eigenvalue weighted by Gasteiger charge is -2.36. The van der Waals surface area contributed by atoms with Crippen LogP contribution in [0.15, 0.2) is 71.6 Å². The highest BCUT2D eigenvalue weighted by molar-refractivity contribution is 7.89. The summed E-state index contributed by atoms with van der Waals surface area (Å²) in [6.07, 6.45) is -4.85. The van der Waals surface area contributed by atoms with Gasteiger partial charge in [-0.05, 0) is 53.6 Å². The minimum Gasteiger partial charge on any atom is -0.368 e. The molecule has 0 aromatic heterocycles. The maximum atomic E-state index is 13.5. The van der Waals surface area contributed by atoms with Crippen molar-refractivity contribution >= 4 is 33.2 Å². The number of ether oxygens (including phenoxy) is 1. The van der Waals surface area contributed by atoms with Crippen molar-refractivity contribution in [3.63, 3.8) is 0 Å². The van der Waals surface area contributed by atoms with E-state index in [4.69, 9.17) is 27.9 Å². The molecule has 5 nitrogen and oxygen atoms in total. The van der Waals surface area contributed by atoms with E-state index in [1.165, 1.54) is 22.5 Å². The molecule has 3 aromatic carbocycles. The molecule has 1 aliphatic rings. The van der Waals surface area contributed by atoms with Gasteiger partial charge in [0.15, 0.2) is 0 Å². The number of piperazine rings is 1. The maximum Gasteiger partial charge on any atom is 0.416 e. The molecule has 3 aromatic rings. The van der Waals surface area contributed by atoms with Crippen LogP contribution in [0, 0.1) is 5.82 Å². The number of hydrogen-bond acceptors (Lipinski definition) is 4. The third-order valence-electron chi connectivity index (χ3n) is 6.26. The Morgan fingerprint density at radius 1 is 0.895 bits per heavy atom. The molecule has 0 radical (unpaired) electrons. The highest BCUT2D eigenvalue weighted by atomic mass is 35.5. The fraction of sp³-hybridized carbons (Fsp3) is 0.308. The van der Waals surface area contributed by atoms with Gasteiger partial charge in [-0.25, -0.2) is 12.8 Å². The van der Waals surface area contributed by atoms with Crippen molar-refractivity contribution in [1.29, 1.82) is 0 Å². The second-order valence-corrected chi connectivity index (χ2v) is 11.6. The number of sulfonamides is 1. The lowest BCUT2D eigenvalue weighted by atomic mass is 10.1. The van der Waals surface area contributed by atoms with Crippen molar-refractivity contribution in [2.45, 2.75) is 23.8 Å². The van der Waals surface area contributed by atoms with E-state index in [0.29, 0.717) is 30.2 Å². The fourth-order valence-corrected chi connectivity index (χ4v) is 5.91. The molecule has 0 saturated carbocycles. The van der Waals surface area contributed by atoms with Gasteiger partial charge >= 0.3 is 6.18 Å². The number of halogens is 6. The Kier molecular flexibility index (Phi) is 9.01. The summed E-state index contributed by atoms with van der Waals surface area (Å²) in [5.41, 5.74) is 0.689. The second-order valence-electron chi connectivity index (χ2n) is 8.83. The van der Waals surface area contributed by atoms with Crippen molar-refractivity contribution in [3.05, 3.63) is 99.3 Å². The molecular formula is C26H24Cl2F4N2O3S. The van der Waals surface area contributed by atoms with Gasteiger partial charge in [-0.2, -0.15) is 17.5 Å². The summed E-state index contributed by atoms with van der Waals surface area (Å²) in [6, 6.07) is 15.2. The molecule has 0 bridgehead atoms. The highest BCUT2D eigenvalue weighted by Crippen LogP contribution is 2.30. The largest absolute Gasteiger partial charge is 0.416 e. The third kappa shape index (κ3) is 7.05. The van der Waals surface area contributed by atoms with E-state index < -0.39 is 33.7 Å². The Balaban J connectivity index is 1.42. The molecular weight excluding hydrogens is 567 g/mol. The van der Waals surface area contributed by atoms with Gasteiger partial charge in [0.2, 0.25) is 10.0 Å². The third-order valence-corrected chi connectivity index (χ3v) is 8.69. The summed E-state index contributed by atoms with van der Waals surface area (Å²) in [5.74, 6) is -0.694. The number of rotatable bonds is 8. The van der Waals surface area contributed by atoms with Crippen molar-refractivity contribution in [3.8, 4) is 0 Å². The quantitative estimate of drug-likeness (QED) is 0.284. The molecule has 38 heavy (non-hydrogen) atoms. The van der Waals surface area contributed by atoms with Crippen LogP contribution < -0.4 is 0 Å². The topological polar surface area (TPSA) is 49.9 Å². The molecule has 12 heteroatoms. The van der Waals surface area contributed by atoms with Crippen LogP contribution in [0.1, 0.15) is 22.8 Å². The van der Waals surface area contributed by atoms with Gasteiger partial charge in [0.1, 0.15) is 5.82 Å². The molecule has 0 amide bonds. The molecule has 0 unspecified atom stereocenters. The Bertz CT molecular complexity index is 1350. The molecule has 4 rings (SSSR count). The van der Waals surface area contributed by atoms with Gasteiger partial charge < -0.3 is 4.74 Å². The molecule has 1 heterocycles. The molecule has 0 aliphatic carbocycles. The van der Waals surface area contributed by atoms with Gasteiger partial charge in [0.25, 0.3) is 0 Å². The predicted octanol–water partition coefficient (Wildman–Crippen LogP) is 6.42. The van der Waals surface area contributed by atoms with Crippen LogP contribution in [-0.4, -0.2) is 50.3 Å². The summed E-state index contributed by atoms with van der Waals surface area (Å²) >= 11 is 11.8. The minimum atomic E-state index is -4.41. The summed E-state index contributed by atoms with van der Waals surface area (Å²) in [7, 11) is -3.84. The zero-order chi connectivity index (χ0) is 27.5. The summed E-state index contributed by atoms with van der Waals surface area (Å²) in [4.78, 5) is 1.98. The highest BCUT2D eigenvalue weighted by Gasteiger charge is 2.31. The monoisotopic (exact) mass is 590 g/mol. The molecule has 1 aliphatic heterocycles. The smallest absolute Gasteiger partial charge is 0.368 e. The normalized spacial score (nSPS) is 16.5. The fourth-order valence-electron chi connectivity index (χ4n) is 4.09. The van der Waals surface area contributed by atoms with E-state index >= 15 is 0 Å². The SMILES string of the molecule is O=S(=O)(c1ccc(F)c(Cl)c1)N1CCN(C[C@@H](OCc2ccc(C(F)(F)F)cc2)c2ccc(Cl)cc2)CC1. The zero-order valence-electron chi connectivity index (χ0n) is 20.0. The predicted molar refractivity (Wildman–Crippen MR) is 137 cm³/mol. The Morgan fingerprint density at radius 3 is 2.11 bits per heavy atom. The molecule has 1 saturated heterocycles. The Morgan fingerprint density at radius 2 is 1.53 bits per heavy atom. The van der Waals surface area contributed by atoms with E-state index in [1.807, 2.05) is 12.1 Å². The Labute approximate surface area is 228 Å². The van der Waals surface area contributed by atoms with E-state index in [0.717, 1.165) is 29.8 Å². The van der Waals surface area contributed by atoms with Crippen LogP contribution >= 0.6 is 23.2 Å². The average Bonchev–Trinajstić information content (AvgIpc) is 2.88. The van der Waals surface area contributed by atoms with E-state index in [1.54, 1.807) is 12.1 Å². The molecule has 204 valence electrons. The van der Waals surface area contributed by atoms with Crippen LogP contribution in [0.3, 0.4) is 0 Å². The van der Waals surface area contributed by atoms with Gasteiger partial charge in [-0.15, -0.1) is 0 Å². The van der Waals surface area contributed by atoms with Crippen molar-refractivity contribution in [2.75, 3.05) is 32.7 Å². The van der Waals surface area contributed by atoms with Crippen LogP contribution in [0.2, 0.25) is 10.0 Å². The first-order valence-corrected chi connectivity index (χ1v) is 13.8. The average molecular weight is 591 g/mol. The van der Waals surface area contributed by atoms with Crippen molar-refractivity contribution in [1.82, 2.24) is 9.21 Å². The van der Waals surface area contributed by atoms with E-state index in [2.05, 4.69) is 4.90 Å². The first-order valence-electron chi connectivity index (χ1n) is 11.6. The second kappa shape index (κ2) is 11.9. The first kappa shape index (κ1) is 28.8. The van der Waals surface area contributed by atoms with Gasteiger partial charge in [0.05, 0.1) is 28.2 Å². The van der Waals surface area contributed by atoms with Crippen molar-refractivity contribution < 1.29 is 30.7 Å². The van der Waals surface area contributed by atoms with Crippen LogP contribution in [0.4, 0.5) is 17.6 Å². The zero-order valence-corrected chi connectivity index (χ0v) is 22.3. The minimum absolute atomic E-state index is 0.0729. The molecule has 1 atom stereocenters. The van der Waals surface area contributed by atoms with Crippen LogP contribution in [-0.2, 0) is 27.5 Å². The lowest BCUT2D eigenvalue weighted by Crippen LogP contribution is -2.49. The maximum absolute atomic E-state index is 13.5. The standard InChI is InChI=1S/C26H24Cl2F4N2O3S/c27-21-7-3-19(4-8-21)25(37-17-18-1-5-20(6-2-18)26(30,31)32)16-33-11-13-34(14-12-33)38(35,36)22-9-10-24(29)23(28)15-22/h1-10,15,25H,11-14,16-17H2/t25-/m1/s1. The van der Waals surface area contributed by atoms with Gasteiger partial charge in [-0.3, -0.25) is 4.90 Å². The number of benzene rings is 3. The molecule has 0 N–H and O–H groups in total. The molecule has 1 fully saturated rings. The number of nitrogens with zero attached hydrogens (tertiary/aromatic N) is 2. The Hall–Kier alpha value is -2.21. The van der Waals surface area contributed by atoms with Crippen LogP contribution in [0.25, 0.3) is 0 Å². The first-order chi connectivity index (χ1) is 17.9. The lowest BCUT2D eigenvalue weighted by molar-refractivity contribution is -0.137. The number of alkyl halides is 3. The van der Waals surface area contributed by atoms with E-state index in [-0.39, 0.29) is 29.6 Å². The number of hydrogen-bond donors (Lipinski definition) is 0. The molecule has 0 spiro atoms.